The Morgan fingerprint density at radius 2 is 1.68 bits per heavy atom. The first kappa shape index (κ1) is 24.4. The molecule has 0 aliphatic rings. The van der Waals surface area contributed by atoms with Crippen molar-refractivity contribution in [1.29, 1.82) is 0 Å². The lowest BCUT2D eigenvalue weighted by atomic mass is 10.1. The third-order valence-electron chi connectivity index (χ3n) is 6.71. The summed E-state index contributed by atoms with van der Waals surface area (Å²) in [5, 5.41) is 5.78. The van der Waals surface area contributed by atoms with Gasteiger partial charge in [0.25, 0.3) is 5.56 Å². The van der Waals surface area contributed by atoms with Crippen molar-refractivity contribution >= 4 is 11.0 Å². The monoisotopic (exact) mass is 498 g/mol. The van der Waals surface area contributed by atoms with E-state index in [1.165, 1.54) is 5.56 Å². The number of methoxy groups -OCH3 is 2. The van der Waals surface area contributed by atoms with Gasteiger partial charge in [0.15, 0.2) is 11.5 Å². The van der Waals surface area contributed by atoms with Gasteiger partial charge in [-0.3, -0.25) is 9.36 Å². The van der Waals surface area contributed by atoms with Crippen molar-refractivity contribution in [2.45, 2.75) is 40.7 Å². The predicted molar refractivity (Wildman–Crippen MR) is 143 cm³/mol. The zero-order valence-corrected chi connectivity index (χ0v) is 22.0. The van der Waals surface area contributed by atoms with Crippen molar-refractivity contribution in [3.63, 3.8) is 0 Å². The number of fused-ring (bicyclic) bond motifs is 1. The SMILES string of the molecule is CCc1ccc(-n2nc(C)c3c(C)cc(=O)n(Cc4nc(-c5ccc(OC)c(OC)c5)oc4C)c32)cc1. The third kappa shape index (κ3) is 4.28. The second-order valence-corrected chi connectivity index (χ2v) is 9.06. The molecule has 0 bridgehead atoms. The Morgan fingerprint density at radius 1 is 0.946 bits per heavy atom. The minimum atomic E-state index is -0.119. The molecule has 0 fully saturated rings. The van der Waals surface area contributed by atoms with E-state index in [0.29, 0.717) is 28.8 Å². The van der Waals surface area contributed by atoms with Crippen molar-refractivity contribution in [3.05, 3.63) is 87.2 Å². The molecule has 190 valence electrons. The molecule has 0 N–H and O–H groups in total. The van der Waals surface area contributed by atoms with Gasteiger partial charge < -0.3 is 13.9 Å². The van der Waals surface area contributed by atoms with Crippen LogP contribution in [-0.4, -0.2) is 33.6 Å². The van der Waals surface area contributed by atoms with E-state index in [4.69, 9.17) is 24.0 Å². The molecule has 3 aromatic heterocycles. The van der Waals surface area contributed by atoms with E-state index in [-0.39, 0.29) is 12.1 Å². The molecule has 8 nitrogen and oxygen atoms in total. The number of hydrogen-bond donors (Lipinski definition) is 0. The topological polar surface area (TPSA) is 84.3 Å². The molecule has 5 aromatic rings. The molecule has 0 aliphatic carbocycles. The molecule has 0 saturated carbocycles. The van der Waals surface area contributed by atoms with Crippen molar-refractivity contribution < 1.29 is 13.9 Å². The normalized spacial score (nSPS) is 11.3. The lowest BCUT2D eigenvalue weighted by molar-refractivity contribution is 0.355. The Kier molecular flexibility index (Phi) is 6.33. The van der Waals surface area contributed by atoms with Crippen LogP contribution >= 0.6 is 0 Å². The van der Waals surface area contributed by atoms with Gasteiger partial charge in [-0.05, 0) is 68.7 Å². The van der Waals surface area contributed by atoms with Gasteiger partial charge in [0.05, 0.1) is 32.1 Å². The van der Waals surface area contributed by atoms with Crippen LogP contribution in [0.2, 0.25) is 0 Å². The fraction of sp³-hybridized carbons (Fsp3) is 0.276. The summed E-state index contributed by atoms with van der Waals surface area (Å²) in [6.45, 7) is 8.15. The standard InChI is InChI=1S/C29H30N4O4/c1-7-20-8-11-22(12-9-20)33-29-27(18(3)31-33)17(2)14-26(34)32(29)16-23-19(4)37-28(30-23)21-10-13-24(35-5)25(15-21)36-6/h8-15H,7,16H2,1-6H3. The molecule has 0 saturated heterocycles. The van der Waals surface area contributed by atoms with Crippen LogP contribution in [0.15, 0.2) is 57.7 Å². The number of oxazole rings is 1. The molecule has 0 aliphatic heterocycles. The molecule has 37 heavy (non-hydrogen) atoms. The largest absolute Gasteiger partial charge is 0.493 e. The molecule has 2 aromatic carbocycles. The summed E-state index contributed by atoms with van der Waals surface area (Å²) in [5.41, 5.74) is 5.95. The Labute approximate surface area is 215 Å². The van der Waals surface area contributed by atoms with Crippen LogP contribution in [0.4, 0.5) is 0 Å². The van der Waals surface area contributed by atoms with E-state index in [2.05, 4.69) is 19.1 Å². The summed E-state index contributed by atoms with van der Waals surface area (Å²) in [6.07, 6.45) is 0.955. The number of aryl methyl sites for hydroxylation is 4. The Hall–Kier alpha value is -4.33. The highest BCUT2D eigenvalue weighted by atomic mass is 16.5. The smallest absolute Gasteiger partial charge is 0.252 e. The number of pyridine rings is 1. The van der Waals surface area contributed by atoms with E-state index >= 15 is 0 Å². The number of aromatic nitrogens is 4. The van der Waals surface area contributed by atoms with Gasteiger partial charge in [-0.25, -0.2) is 9.67 Å². The van der Waals surface area contributed by atoms with Crippen LogP contribution < -0.4 is 15.0 Å². The Bertz CT molecular complexity index is 1660. The van der Waals surface area contributed by atoms with E-state index in [9.17, 15) is 4.79 Å². The van der Waals surface area contributed by atoms with Gasteiger partial charge in [-0.2, -0.15) is 5.10 Å². The molecule has 0 amide bonds. The fourth-order valence-corrected chi connectivity index (χ4v) is 4.69. The summed E-state index contributed by atoms with van der Waals surface area (Å²) in [7, 11) is 3.18. The maximum Gasteiger partial charge on any atom is 0.252 e. The first-order valence-electron chi connectivity index (χ1n) is 12.2. The highest BCUT2D eigenvalue weighted by molar-refractivity contribution is 5.83. The van der Waals surface area contributed by atoms with Crippen molar-refractivity contribution in [2.24, 2.45) is 0 Å². The zero-order chi connectivity index (χ0) is 26.3. The summed E-state index contributed by atoms with van der Waals surface area (Å²) in [6, 6.07) is 15.4. The van der Waals surface area contributed by atoms with Gasteiger partial charge in [0.2, 0.25) is 5.89 Å². The molecular formula is C29H30N4O4. The molecule has 0 unspecified atom stereocenters. The summed E-state index contributed by atoms with van der Waals surface area (Å²) < 4.78 is 20.4. The molecule has 0 atom stereocenters. The number of nitrogens with zero attached hydrogens (tertiary/aromatic N) is 4. The summed E-state index contributed by atoms with van der Waals surface area (Å²) in [5.74, 6) is 2.30. The van der Waals surface area contributed by atoms with Gasteiger partial charge in [0.1, 0.15) is 17.1 Å². The lowest BCUT2D eigenvalue weighted by Crippen LogP contribution is -2.23. The van der Waals surface area contributed by atoms with Gasteiger partial charge in [-0.15, -0.1) is 0 Å². The first-order chi connectivity index (χ1) is 17.8. The quantitative estimate of drug-likeness (QED) is 0.299. The van der Waals surface area contributed by atoms with Crippen molar-refractivity contribution in [1.82, 2.24) is 19.3 Å². The van der Waals surface area contributed by atoms with Gasteiger partial charge in [0, 0.05) is 17.0 Å². The first-order valence-corrected chi connectivity index (χ1v) is 12.2. The molecule has 8 heteroatoms. The highest BCUT2D eigenvalue weighted by Crippen LogP contribution is 2.33. The van der Waals surface area contributed by atoms with Crippen LogP contribution in [0.1, 0.15) is 35.2 Å². The molecule has 3 heterocycles. The Morgan fingerprint density at radius 3 is 2.35 bits per heavy atom. The maximum atomic E-state index is 13.3. The van der Waals surface area contributed by atoms with Gasteiger partial charge in [-0.1, -0.05) is 19.1 Å². The lowest BCUT2D eigenvalue weighted by Gasteiger charge is -2.12. The Balaban J connectivity index is 1.62. The van der Waals surface area contributed by atoms with Crippen molar-refractivity contribution in [2.75, 3.05) is 14.2 Å². The van der Waals surface area contributed by atoms with E-state index in [1.54, 1.807) is 24.9 Å². The molecule has 5 rings (SSSR count). The van der Waals surface area contributed by atoms with Crippen LogP contribution in [0.3, 0.4) is 0 Å². The second-order valence-electron chi connectivity index (χ2n) is 9.06. The maximum absolute atomic E-state index is 13.3. The van der Waals surface area contributed by atoms with E-state index in [0.717, 1.165) is 40.0 Å². The predicted octanol–water partition coefficient (Wildman–Crippen LogP) is 5.40. The van der Waals surface area contributed by atoms with E-state index in [1.807, 2.05) is 55.8 Å². The molecule has 0 spiro atoms. The van der Waals surface area contributed by atoms with Crippen LogP contribution in [0.5, 0.6) is 11.5 Å². The fourth-order valence-electron chi connectivity index (χ4n) is 4.69. The number of rotatable bonds is 7. The zero-order valence-electron chi connectivity index (χ0n) is 22.0. The van der Waals surface area contributed by atoms with Crippen LogP contribution in [0, 0.1) is 20.8 Å². The summed E-state index contributed by atoms with van der Waals surface area (Å²) >= 11 is 0. The third-order valence-corrected chi connectivity index (χ3v) is 6.71. The van der Waals surface area contributed by atoms with Gasteiger partial charge >= 0.3 is 0 Å². The number of ether oxygens (including phenoxy) is 2. The highest BCUT2D eigenvalue weighted by Gasteiger charge is 2.20. The summed E-state index contributed by atoms with van der Waals surface area (Å²) in [4.78, 5) is 18.1. The van der Waals surface area contributed by atoms with Crippen LogP contribution in [-0.2, 0) is 13.0 Å². The number of hydrogen-bond acceptors (Lipinski definition) is 6. The second kappa shape index (κ2) is 9.61. The minimum absolute atomic E-state index is 0.119. The molecule has 0 radical (unpaired) electrons. The average Bonchev–Trinajstić information content (AvgIpc) is 3.45. The number of benzene rings is 2. The van der Waals surface area contributed by atoms with E-state index < -0.39 is 0 Å². The molecular weight excluding hydrogens is 468 g/mol. The van der Waals surface area contributed by atoms with Crippen molar-refractivity contribution in [3.8, 4) is 28.6 Å². The van der Waals surface area contributed by atoms with Crippen LogP contribution in [0.25, 0.3) is 28.2 Å². The minimum Gasteiger partial charge on any atom is -0.493 e. The average molecular weight is 499 g/mol.